The number of aryl methyl sites for hydroxylation is 1. The van der Waals surface area contributed by atoms with Crippen LogP contribution in [0.25, 0.3) is 0 Å². The molecule has 1 N–H and O–H groups in total. The second-order valence-electron chi connectivity index (χ2n) is 4.01. The maximum Gasteiger partial charge on any atom is 0.175 e. The number of benzene rings is 1. The molecule has 2 rings (SSSR count). The van der Waals surface area contributed by atoms with Crippen LogP contribution in [0.2, 0.25) is 0 Å². The summed E-state index contributed by atoms with van der Waals surface area (Å²) in [5.41, 5.74) is 0.989. The van der Waals surface area contributed by atoms with Gasteiger partial charge in [0.1, 0.15) is 5.82 Å². The first kappa shape index (κ1) is 12.6. The SMILES string of the molecule is Cn1nncc1NCc1ccc(S(C)(=O)=O)cc1. The summed E-state index contributed by atoms with van der Waals surface area (Å²) in [6.45, 7) is 0.589. The number of nitrogens with zero attached hydrogens (tertiary/aromatic N) is 3. The minimum atomic E-state index is -3.13. The summed E-state index contributed by atoms with van der Waals surface area (Å²) >= 11 is 0. The van der Waals surface area contributed by atoms with Gasteiger partial charge in [0, 0.05) is 19.8 Å². The quantitative estimate of drug-likeness (QED) is 0.887. The monoisotopic (exact) mass is 266 g/mol. The molecule has 0 fully saturated rings. The van der Waals surface area contributed by atoms with Crippen LogP contribution in [0, 0.1) is 0 Å². The predicted molar refractivity (Wildman–Crippen MR) is 67.9 cm³/mol. The molecule has 1 aromatic heterocycles. The topological polar surface area (TPSA) is 76.9 Å². The maximum absolute atomic E-state index is 11.3. The Hall–Kier alpha value is -1.89. The van der Waals surface area contributed by atoms with Crippen LogP contribution >= 0.6 is 0 Å². The summed E-state index contributed by atoms with van der Waals surface area (Å²) in [6, 6.07) is 6.78. The highest BCUT2D eigenvalue weighted by Crippen LogP contribution is 2.11. The number of aromatic nitrogens is 3. The summed E-state index contributed by atoms with van der Waals surface area (Å²) in [4.78, 5) is 0.327. The largest absolute Gasteiger partial charge is 0.365 e. The van der Waals surface area contributed by atoms with E-state index in [1.807, 2.05) is 0 Å². The van der Waals surface area contributed by atoms with E-state index in [-0.39, 0.29) is 0 Å². The third-order valence-corrected chi connectivity index (χ3v) is 3.67. The van der Waals surface area contributed by atoms with Gasteiger partial charge in [0.05, 0.1) is 11.1 Å². The molecule has 0 aliphatic carbocycles. The van der Waals surface area contributed by atoms with Gasteiger partial charge < -0.3 is 5.32 Å². The molecule has 18 heavy (non-hydrogen) atoms. The van der Waals surface area contributed by atoms with Crippen LogP contribution in [0.1, 0.15) is 5.56 Å². The molecule has 2 aromatic rings. The molecule has 0 bridgehead atoms. The molecule has 0 saturated carbocycles. The Kier molecular flexibility index (Phi) is 3.33. The maximum atomic E-state index is 11.3. The molecule has 0 radical (unpaired) electrons. The van der Waals surface area contributed by atoms with Crippen LogP contribution in [-0.4, -0.2) is 29.7 Å². The molecule has 1 aromatic carbocycles. The molecule has 0 amide bonds. The second-order valence-corrected chi connectivity index (χ2v) is 6.03. The van der Waals surface area contributed by atoms with E-state index in [2.05, 4.69) is 15.6 Å². The van der Waals surface area contributed by atoms with Crippen LogP contribution in [-0.2, 0) is 23.4 Å². The Bertz CT molecular complexity index is 631. The molecule has 0 spiro atoms. The fourth-order valence-electron chi connectivity index (χ4n) is 1.50. The number of nitrogens with one attached hydrogen (secondary N) is 1. The van der Waals surface area contributed by atoms with Gasteiger partial charge in [-0.15, -0.1) is 5.10 Å². The van der Waals surface area contributed by atoms with Crippen molar-refractivity contribution in [2.24, 2.45) is 7.05 Å². The Balaban J connectivity index is 2.05. The van der Waals surface area contributed by atoms with Crippen molar-refractivity contribution < 1.29 is 8.42 Å². The minimum Gasteiger partial charge on any atom is -0.365 e. The number of sulfone groups is 1. The van der Waals surface area contributed by atoms with Crippen molar-refractivity contribution in [2.75, 3.05) is 11.6 Å². The smallest absolute Gasteiger partial charge is 0.175 e. The Labute approximate surface area is 106 Å². The summed E-state index contributed by atoms with van der Waals surface area (Å²) in [5.74, 6) is 0.808. The first-order valence-corrected chi connectivity index (χ1v) is 7.23. The molecule has 7 heteroatoms. The van der Waals surface area contributed by atoms with E-state index >= 15 is 0 Å². The summed E-state index contributed by atoms with van der Waals surface area (Å²) < 4.78 is 24.2. The van der Waals surface area contributed by atoms with E-state index in [0.29, 0.717) is 11.4 Å². The third kappa shape index (κ3) is 2.86. The molecule has 6 nitrogen and oxygen atoms in total. The zero-order valence-corrected chi connectivity index (χ0v) is 11.0. The van der Waals surface area contributed by atoms with Gasteiger partial charge in [-0.1, -0.05) is 17.3 Å². The standard InChI is InChI=1S/C11H14N4O2S/c1-15-11(8-13-14-15)12-7-9-3-5-10(6-4-9)18(2,16)17/h3-6,8,12H,7H2,1-2H3. The van der Waals surface area contributed by atoms with Gasteiger partial charge >= 0.3 is 0 Å². The van der Waals surface area contributed by atoms with Crippen molar-refractivity contribution in [1.29, 1.82) is 0 Å². The zero-order chi connectivity index (χ0) is 13.2. The molecular weight excluding hydrogens is 252 g/mol. The lowest BCUT2D eigenvalue weighted by Gasteiger charge is -2.06. The van der Waals surface area contributed by atoms with Crippen molar-refractivity contribution in [2.45, 2.75) is 11.4 Å². The average molecular weight is 266 g/mol. The first-order valence-electron chi connectivity index (χ1n) is 5.34. The van der Waals surface area contributed by atoms with Gasteiger partial charge in [0.2, 0.25) is 0 Å². The van der Waals surface area contributed by atoms with Gasteiger partial charge in [-0.2, -0.15) is 0 Å². The van der Waals surface area contributed by atoms with E-state index in [4.69, 9.17) is 0 Å². The van der Waals surface area contributed by atoms with Crippen LogP contribution in [0.15, 0.2) is 35.4 Å². The first-order chi connectivity index (χ1) is 8.47. The third-order valence-electron chi connectivity index (χ3n) is 2.54. The van der Waals surface area contributed by atoms with Crippen molar-refractivity contribution in [3.8, 4) is 0 Å². The molecule has 0 unspecified atom stereocenters. The molecule has 0 atom stereocenters. The summed E-state index contributed by atoms with van der Waals surface area (Å²) in [7, 11) is -1.34. The highest BCUT2D eigenvalue weighted by molar-refractivity contribution is 7.90. The van der Waals surface area contributed by atoms with E-state index in [1.165, 1.54) is 6.26 Å². The lowest BCUT2D eigenvalue weighted by molar-refractivity contribution is 0.602. The molecule has 1 heterocycles. The second kappa shape index (κ2) is 4.77. The van der Waals surface area contributed by atoms with Crippen molar-refractivity contribution in [3.63, 3.8) is 0 Å². The predicted octanol–water partition coefficient (Wildman–Crippen LogP) is 0.831. The van der Waals surface area contributed by atoms with E-state index in [9.17, 15) is 8.42 Å². The van der Waals surface area contributed by atoms with Crippen molar-refractivity contribution in [1.82, 2.24) is 15.0 Å². The number of hydrogen-bond donors (Lipinski definition) is 1. The molecule has 0 aliphatic heterocycles. The average Bonchev–Trinajstić information content (AvgIpc) is 2.72. The Morgan fingerprint density at radius 1 is 1.28 bits per heavy atom. The van der Waals surface area contributed by atoms with Crippen LogP contribution < -0.4 is 5.32 Å². The van der Waals surface area contributed by atoms with Crippen molar-refractivity contribution >= 4 is 15.7 Å². The summed E-state index contributed by atoms with van der Waals surface area (Å²) in [6.07, 6.45) is 2.83. The Morgan fingerprint density at radius 3 is 2.44 bits per heavy atom. The van der Waals surface area contributed by atoms with Gasteiger partial charge in [0.25, 0.3) is 0 Å². The van der Waals surface area contributed by atoms with Crippen LogP contribution in [0.3, 0.4) is 0 Å². The zero-order valence-electron chi connectivity index (χ0n) is 10.2. The molecule has 96 valence electrons. The van der Waals surface area contributed by atoms with Crippen LogP contribution in [0.5, 0.6) is 0 Å². The van der Waals surface area contributed by atoms with Gasteiger partial charge in [-0.05, 0) is 17.7 Å². The van der Waals surface area contributed by atoms with Crippen LogP contribution in [0.4, 0.5) is 5.82 Å². The van der Waals surface area contributed by atoms with Gasteiger partial charge in [0.15, 0.2) is 9.84 Å². The fraction of sp³-hybridized carbons (Fsp3) is 0.273. The lowest BCUT2D eigenvalue weighted by atomic mass is 10.2. The number of anilines is 1. The highest BCUT2D eigenvalue weighted by atomic mass is 32.2. The molecular formula is C11H14N4O2S. The molecule has 0 saturated heterocycles. The van der Waals surface area contributed by atoms with Gasteiger partial charge in [-0.3, -0.25) is 0 Å². The van der Waals surface area contributed by atoms with E-state index in [0.717, 1.165) is 11.4 Å². The summed E-state index contributed by atoms with van der Waals surface area (Å²) in [5, 5.41) is 10.7. The Morgan fingerprint density at radius 2 is 1.94 bits per heavy atom. The van der Waals surface area contributed by atoms with Crippen molar-refractivity contribution in [3.05, 3.63) is 36.0 Å². The number of rotatable bonds is 4. The normalized spacial score (nSPS) is 11.4. The van der Waals surface area contributed by atoms with Gasteiger partial charge in [-0.25, -0.2) is 13.1 Å². The highest BCUT2D eigenvalue weighted by Gasteiger charge is 2.06. The minimum absolute atomic E-state index is 0.327. The lowest BCUT2D eigenvalue weighted by Crippen LogP contribution is -2.05. The fourth-order valence-corrected chi connectivity index (χ4v) is 2.13. The number of hydrogen-bond acceptors (Lipinski definition) is 5. The van der Waals surface area contributed by atoms with E-state index in [1.54, 1.807) is 42.2 Å². The van der Waals surface area contributed by atoms with E-state index < -0.39 is 9.84 Å². The molecule has 0 aliphatic rings.